The fourth-order valence-electron chi connectivity index (χ4n) is 3.08. The largest absolute Gasteiger partial charge is 0.491 e. The number of ether oxygens (including phenoxy) is 1. The summed E-state index contributed by atoms with van der Waals surface area (Å²) in [6.07, 6.45) is -0.714. The standard InChI is InChI=1S/C24H27N3O3/c1-18-7-6-10-23(25-18)26-24(29)16-27(2)15-21(28)17-30-22-13-11-20(12-14-22)19-8-4-3-5-9-19/h3-14,21,28H,15-17H2,1-2H3,(H,25,26,29). The maximum atomic E-state index is 12.1. The molecular formula is C24H27N3O3. The second-order valence-corrected chi connectivity index (χ2v) is 7.26. The van der Waals surface area contributed by atoms with Crippen LogP contribution in [0, 0.1) is 6.92 Å². The molecule has 1 heterocycles. The van der Waals surface area contributed by atoms with Crippen molar-refractivity contribution in [2.24, 2.45) is 0 Å². The fraction of sp³-hybridized carbons (Fsp3) is 0.250. The monoisotopic (exact) mass is 405 g/mol. The van der Waals surface area contributed by atoms with Gasteiger partial charge >= 0.3 is 0 Å². The number of aryl methyl sites for hydroxylation is 1. The van der Waals surface area contributed by atoms with Crippen molar-refractivity contribution in [3.8, 4) is 16.9 Å². The van der Waals surface area contributed by atoms with Crippen LogP contribution in [0.25, 0.3) is 11.1 Å². The number of aromatic nitrogens is 1. The number of likely N-dealkylation sites (N-methyl/N-ethyl adjacent to an activating group) is 1. The third-order valence-electron chi connectivity index (χ3n) is 4.50. The molecule has 0 aliphatic heterocycles. The van der Waals surface area contributed by atoms with Crippen molar-refractivity contribution >= 4 is 11.7 Å². The third kappa shape index (κ3) is 6.69. The average molecular weight is 405 g/mol. The minimum absolute atomic E-state index is 0.149. The van der Waals surface area contributed by atoms with E-state index in [2.05, 4.69) is 22.4 Å². The molecule has 3 rings (SSSR count). The van der Waals surface area contributed by atoms with Crippen LogP contribution in [-0.4, -0.2) is 53.7 Å². The number of nitrogens with one attached hydrogen (secondary N) is 1. The number of hydrogen-bond acceptors (Lipinski definition) is 5. The molecule has 0 aliphatic rings. The number of anilines is 1. The van der Waals surface area contributed by atoms with E-state index < -0.39 is 6.10 Å². The second kappa shape index (κ2) is 10.5. The summed E-state index contributed by atoms with van der Waals surface area (Å²) >= 11 is 0. The molecule has 6 nitrogen and oxygen atoms in total. The Morgan fingerprint density at radius 3 is 2.43 bits per heavy atom. The lowest BCUT2D eigenvalue weighted by Gasteiger charge is -2.20. The number of benzene rings is 2. The Kier molecular flexibility index (Phi) is 7.54. The molecule has 0 spiro atoms. The van der Waals surface area contributed by atoms with Gasteiger partial charge in [-0.25, -0.2) is 4.98 Å². The molecule has 0 saturated carbocycles. The third-order valence-corrected chi connectivity index (χ3v) is 4.50. The molecule has 1 amide bonds. The summed E-state index contributed by atoms with van der Waals surface area (Å²) in [6.45, 7) is 2.48. The van der Waals surface area contributed by atoms with Crippen molar-refractivity contribution in [3.63, 3.8) is 0 Å². The summed E-state index contributed by atoms with van der Waals surface area (Å²) < 4.78 is 5.69. The minimum Gasteiger partial charge on any atom is -0.491 e. The van der Waals surface area contributed by atoms with Gasteiger partial charge in [-0.3, -0.25) is 9.69 Å². The first-order valence-electron chi connectivity index (χ1n) is 9.88. The van der Waals surface area contributed by atoms with Crippen LogP contribution in [0.4, 0.5) is 5.82 Å². The lowest BCUT2D eigenvalue weighted by atomic mass is 10.1. The Morgan fingerprint density at radius 1 is 1.03 bits per heavy atom. The molecular weight excluding hydrogens is 378 g/mol. The zero-order chi connectivity index (χ0) is 21.3. The summed E-state index contributed by atoms with van der Waals surface area (Å²) in [5, 5.41) is 13.0. The first-order chi connectivity index (χ1) is 14.5. The Morgan fingerprint density at radius 2 is 1.73 bits per heavy atom. The van der Waals surface area contributed by atoms with Gasteiger partial charge in [-0.05, 0) is 49.4 Å². The van der Waals surface area contributed by atoms with Gasteiger partial charge in [0.2, 0.25) is 5.91 Å². The van der Waals surface area contributed by atoms with Gasteiger partial charge < -0.3 is 15.2 Å². The van der Waals surface area contributed by atoms with Gasteiger partial charge in [0.1, 0.15) is 24.3 Å². The highest BCUT2D eigenvalue weighted by Crippen LogP contribution is 2.22. The van der Waals surface area contributed by atoms with Gasteiger partial charge in [-0.1, -0.05) is 48.5 Å². The van der Waals surface area contributed by atoms with Gasteiger partial charge in [0, 0.05) is 12.2 Å². The molecule has 6 heteroatoms. The summed E-state index contributed by atoms with van der Waals surface area (Å²) in [7, 11) is 1.78. The SMILES string of the molecule is Cc1cccc(NC(=O)CN(C)CC(O)COc2ccc(-c3ccccc3)cc2)n1. The molecule has 0 saturated heterocycles. The van der Waals surface area contributed by atoms with Crippen LogP contribution >= 0.6 is 0 Å². The zero-order valence-electron chi connectivity index (χ0n) is 17.3. The lowest BCUT2D eigenvalue weighted by molar-refractivity contribution is -0.117. The second-order valence-electron chi connectivity index (χ2n) is 7.26. The molecule has 1 unspecified atom stereocenters. The summed E-state index contributed by atoms with van der Waals surface area (Å²) in [6, 6.07) is 23.3. The predicted octanol–water partition coefficient (Wildman–Crippen LogP) is 3.37. The van der Waals surface area contributed by atoms with Gasteiger partial charge in [-0.2, -0.15) is 0 Å². The van der Waals surface area contributed by atoms with Crippen LogP contribution in [-0.2, 0) is 4.79 Å². The molecule has 2 aromatic carbocycles. The molecule has 156 valence electrons. The highest BCUT2D eigenvalue weighted by atomic mass is 16.5. The molecule has 0 fully saturated rings. The first-order valence-corrected chi connectivity index (χ1v) is 9.88. The molecule has 1 aromatic heterocycles. The number of rotatable bonds is 9. The topological polar surface area (TPSA) is 74.7 Å². The number of amides is 1. The van der Waals surface area contributed by atoms with E-state index in [1.807, 2.05) is 61.5 Å². The van der Waals surface area contributed by atoms with E-state index in [1.54, 1.807) is 18.0 Å². The zero-order valence-corrected chi connectivity index (χ0v) is 17.3. The quantitative estimate of drug-likeness (QED) is 0.571. The molecule has 0 radical (unpaired) electrons. The predicted molar refractivity (Wildman–Crippen MR) is 118 cm³/mol. The van der Waals surface area contributed by atoms with Crippen LogP contribution in [0.1, 0.15) is 5.69 Å². The van der Waals surface area contributed by atoms with Crippen molar-refractivity contribution in [1.29, 1.82) is 0 Å². The fourth-order valence-corrected chi connectivity index (χ4v) is 3.08. The van der Waals surface area contributed by atoms with E-state index in [-0.39, 0.29) is 19.1 Å². The van der Waals surface area contributed by atoms with Gasteiger partial charge in [0.05, 0.1) is 6.54 Å². The minimum atomic E-state index is -0.714. The number of hydrogen-bond donors (Lipinski definition) is 2. The maximum Gasteiger partial charge on any atom is 0.239 e. The molecule has 0 aliphatic carbocycles. The number of pyridine rings is 1. The highest BCUT2D eigenvalue weighted by molar-refractivity contribution is 5.91. The normalized spacial score (nSPS) is 11.9. The highest BCUT2D eigenvalue weighted by Gasteiger charge is 2.13. The Bertz CT molecular complexity index is 945. The van der Waals surface area contributed by atoms with Crippen LogP contribution in [0.15, 0.2) is 72.8 Å². The average Bonchev–Trinajstić information content (AvgIpc) is 2.73. The number of carbonyl (C=O) groups is 1. The van der Waals surface area contributed by atoms with Crippen LogP contribution < -0.4 is 10.1 Å². The number of aliphatic hydroxyl groups is 1. The van der Waals surface area contributed by atoms with E-state index in [1.165, 1.54) is 0 Å². The molecule has 3 aromatic rings. The lowest BCUT2D eigenvalue weighted by Crippen LogP contribution is -2.37. The van der Waals surface area contributed by atoms with E-state index in [4.69, 9.17) is 4.74 Å². The first kappa shape index (κ1) is 21.5. The van der Waals surface area contributed by atoms with Crippen LogP contribution in [0.3, 0.4) is 0 Å². The van der Waals surface area contributed by atoms with Crippen LogP contribution in [0.5, 0.6) is 5.75 Å². The van der Waals surface area contributed by atoms with Crippen molar-refractivity contribution < 1.29 is 14.6 Å². The maximum absolute atomic E-state index is 12.1. The van der Waals surface area contributed by atoms with Crippen molar-refractivity contribution in [2.45, 2.75) is 13.0 Å². The van der Waals surface area contributed by atoms with Crippen molar-refractivity contribution in [1.82, 2.24) is 9.88 Å². The van der Waals surface area contributed by atoms with Crippen molar-refractivity contribution in [2.75, 3.05) is 32.1 Å². The molecule has 2 N–H and O–H groups in total. The Balaban J connectivity index is 1.41. The number of aliphatic hydroxyl groups excluding tert-OH is 1. The van der Waals surface area contributed by atoms with Crippen LogP contribution in [0.2, 0.25) is 0 Å². The smallest absolute Gasteiger partial charge is 0.239 e. The van der Waals surface area contributed by atoms with Gasteiger partial charge in [0.25, 0.3) is 0 Å². The summed E-state index contributed by atoms with van der Waals surface area (Å²) in [5.41, 5.74) is 3.09. The van der Waals surface area contributed by atoms with E-state index >= 15 is 0 Å². The molecule has 30 heavy (non-hydrogen) atoms. The van der Waals surface area contributed by atoms with Crippen molar-refractivity contribution in [3.05, 3.63) is 78.5 Å². The van der Waals surface area contributed by atoms with Gasteiger partial charge in [-0.15, -0.1) is 0 Å². The Hall–Kier alpha value is -3.22. The van der Waals surface area contributed by atoms with E-state index in [0.717, 1.165) is 16.8 Å². The number of nitrogens with zero attached hydrogens (tertiary/aromatic N) is 2. The summed E-state index contributed by atoms with van der Waals surface area (Å²) in [5.74, 6) is 1.04. The Labute approximate surface area is 177 Å². The van der Waals surface area contributed by atoms with Gasteiger partial charge in [0.15, 0.2) is 0 Å². The number of carbonyl (C=O) groups excluding carboxylic acids is 1. The summed E-state index contributed by atoms with van der Waals surface area (Å²) in [4.78, 5) is 18.1. The van der Waals surface area contributed by atoms with E-state index in [9.17, 15) is 9.90 Å². The van der Waals surface area contributed by atoms with E-state index in [0.29, 0.717) is 18.1 Å². The molecule has 0 bridgehead atoms. The molecule has 1 atom stereocenters.